The van der Waals surface area contributed by atoms with Crippen molar-refractivity contribution in [3.8, 4) is 0 Å². The summed E-state index contributed by atoms with van der Waals surface area (Å²) < 4.78 is 0. The zero-order valence-electron chi connectivity index (χ0n) is 7.55. The molecular formula is C11H10N2O. The van der Waals surface area contributed by atoms with Crippen LogP contribution >= 0.6 is 0 Å². The summed E-state index contributed by atoms with van der Waals surface area (Å²) in [7, 11) is 0. The van der Waals surface area contributed by atoms with Crippen LogP contribution in [0.3, 0.4) is 0 Å². The second-order valence-electron chi connectivity index (χ2n) is 3.13. The number of hydrogen-bond acceptors (Lipinski definition) is 2. The number of hydrogen-bond donors (Lipinski definition) is 1. The number of carbonyl (C=O) groups is 1. The third-order valence-corrected chi connectivity index (χ3v) is 2.22. The molecule has 1 aliphatic heterocycles. The van der Waals surface area contributed by atoms with E-state index in [4.69, 9.17) is 5.73 Å². The largest absolute Gasteiger partial charge is 0.369 e. The topological polar surface area (TPSA) is 55.5 Å². The van der Waals surface area contributed by atoms with Crippen molar-refractivity contribution in [2.45, 2.75) is 5.92 Å². The highest BCUT2D eigenvalue weighted by molar-refractivity contribution is 5.91. The van der Waals surface area contributed by atoms with E-state index in [0.717, 1.165) is 11.1 Å². The van der Waals surface area contributed by atoms with E-state index in [-0.39, 0.29) is 11.8 Å². The van der Waals surface area contributed by atoms with Crippen molar-refractivity contribution in [1.29, 1.82) is 0 Å². The van der Waals surface area contributed by atoms with Crippen molar-refractivity contribution < 1.29 is 4.79 Å². The van der Waals surface area contributed by atoms with Gasteiger partial charge in [0.2, 0.25) is 5.91 Å². The van der Waals surface area contributed by atoms with Crippen molar-refractivity contribution >= 4 is 12.1 Å². The van der Waals surface area contributed by atoms with Crippen LogP contribution in [0.1, 0.15) is 17.0 Å². The Morgan fingerprint density at radius 2 is 2.14 bits per heavy atom. The van der Waals surface area contributed by atoms with Crippen LogP contribution in [-0.4, -0.2) is 12.1 Å². The van der Waals surface area contributed by atoms with Gasteiger partial charge in [0.15, 0.2) is 0 Å². The molecule has 0 saturated heterocycles. The minimum atomic E-state index is -0.367. The molecule has 1 amide bonds. The maximum atomic E-state index is 11.2. The summed E-state index contributed by atoms with van der Waals surface area (Å²) in [4.78, 5) is 15.2. The Kier molecular flexibility index (Phi) is 2.14. The summed E-state index contributed by atoms with van der Waals surface area (Å²) in [5, 5.41) is 0. The number of aliphatic imine (C=N–C) groups is 1. The summed E-state index contributed by atoms with van der Waals surface area (Å²) in [6.07, 6.45) is 5.05. The van der Waals surface area contributed by atoms with Crippen LogP contribution < -0.4 is 5.73 Å². The van der Waals surface area contributed by atoms with Crippen LogP contribution in [-0.2, 0) is 4.79 Å². The van der Waals surface area contributed by atoms with E-state index < -0.39 is 0 Å². The van der Waals surface area contributed by atoms with E-state index >= 15 is 0 Å². The molecule has 0 spiro atoms. The van der Waals surface area contributed by atoms with Gasteiger partial charge in [-0.15, -0.1) is 0 Å². The molecule has 0 fully saturated rings. The van der Waals surface area contributed by atoms with Gasteiger partial charge >= 0.3 is 0 Å². The first-order valence-electron chi connectivity index (χ1n) is 4.37. The van der Waals surface area contributed by atoms with E-state index in [0.29, 0.717) is 0 Å². The third-order valence-electron chi connectivity index (χ3n) is 2.22. The molecule has 1 aromatic carbocycles. The van der Waals surface area contributed by atoms with E-state index in [1.54, 1.807) is 18.5 Å². The van der Waals surface area contributed by atoms with Gasteiger partial charge in [-0.05, 0) is 17.2 Å². The molecule has 0 bridgehead atoms. The van der Waals surface area contributed by atoms with Crippen LogP contribution in [0.2, 0.25) is 0 Å². The number of nitrogens with zero attached hydrogens (tertiary/aromatic N) is 1. The summed E-state index contributed by atoms with van der Waals surface area (Å²) in [6, 6.07) is 7.62. The Bertz CT molecular complexity index is 421. The van der Waals surface area contributed by atoms with E-state index in [1.807, 2.05) is 24.3 Å². The van der Waals surface area contributed by atoms with Gasteiger partial charge in [0.05, 0.1) is 5.92 Å². The van der Waals surface area contributed by atoms with Gasteiger partial charge in [-0.2, -0.15) is 0 Å². The molecule has 1 aromatic rings. The molecule has 3 heteroatoms. The number of nitrogens with two attached hydrogens (primary N) is 1. The molecule has 3 nitrogen and oxygen atoms in total. The summed E-state index contributed by atoms with van der Waals surface area (Å²) in [5.41, 5.74) is 7.17. The predicted octanol–water partition coefficient (Wildman–Crippen LogP) is 1.20. The van der Waals surface area contributed by atoms with Crippen LogP contribution in [0, 0.1) is 0 Å². The molecule has 2 N–H and O–H groups in total. The molecule has 0 aromatic heterocycles. The minimum Gasteiger partial charge on any atom is -0.369 e. The quantitative estimate of drug-likeness (QED) is 0.704. The Labute approximate surface area is 82.0 Å². The lowest BCUT2D eigenvalue weighted by molar-refractivity contribution is -0.118. The molecule has 2 rings (SSSR count). The number of rotatable bonds is 1. The van der Waals surface area contributed by atoms with Crippen LogP contribution in [0.25, 0.3) is 0 Å². The van der Waals surface area contributed by atoms with Crippen LogP contribution in [0.15, 0.2) is 41.5 Å². The average Bonchev–Trinajstić information content (AvgIpc) is 2.39. The molecule has 1 aliphatic rings. The fourth-order valence-corrected chi connectivity index (χ4v) is 1.52. The second kappa shape index (κ2) is 3.46. The highest BCUT2D eigenvalue weighted by atomic mass is 16.1. The highest BCUT2D eigenvalue weighted by Gasteiger charge is 2.17. The zero-order valence-corrected chi connectivity index (χ0v) is 7.55. The van der Waals surface area contributed by atoms with Crippen molar-refractivity contribution in [2.75, 3.05) is 0 Å². The van der Waals surface area contributed by atoms with Crippen molar-refractivity contribution in [1.82, 2.24) is 0 Å². The van der Waals surface area contributed by atoms with Crippen LogP contribution in [0.4, 0.5) is 0 Å². The average molecular weight is 186 g/mol. The van der Waals surface area contributed by atoms with Gasteiger partial charge in [-0.1, -0.05) is 24.3 Å². The Balaban J connectivity index is 2.55. The maximum absolute atomic E-state index is 11.2. The first-order chi connectivity index (χ1) is 6.79. The number of benzene rings is 1. The van der Waals surface area contributed by atoms with Gasteiger partial charge in [0.25, 0.3) is 0 Å². The van der Waals surface area contributed by atoms with Crippen molar-refractivity contribution in [3.63, 3.8) is 0 Å². The van der Waals surface area contributed by atoms with E-state index in [2.05, 4.69) is 4.99 Å². The molecule has 0 saturated carbocycles. The fourth-order valence-electron chi connectivity index (χ4n) is 1.52. The van der Waals surface area contributed by atoms with E-state index in [1.165, 1.54) is 0 Å². The Hall–Kier alpha value is -1.90. The molecule has 0 radical (unpaired) electrons. The summed E-state index contributed by atoms with van der Waals surface area (Å²) in [5.74, 6) is -0.715. The second-order valence-corrected chi connectivity index (χ2v) is 3.13. The number of fused-ring (bicyclic) bond motifs is 1. The van der Waals surface area contributed by atoms with Gasteiger partial charge in [-0.25, -0.2) is 0 Å². The van der Waals surface area contributed by atoms with Crippen LogP contribution in [0.5, 0.6) is 0 Å². The lowest BCUT2D eigenvalue weighted by Gasteiger charge is -2.09. The SMILES string of the molecule is NC(=O)C1C=CN=Cc2ccccc21. The number of carbonyl (C=O) groups excluding carboxylic acids is 1. The Morgan fingerprint density at radius 1 is 1.36 bits per heavy atom. The standard InChI is InChI=1S/C11H10N2O/c12-11(14)10-5-6-13-7-8-3-1-2-4-9(8)10/h1-7,10H,(H2,12,14). The van der Waals surface area contributed by atoms with Gasteiger partial charge in [0.1, 0.15) is 0 Å². The van der Waals surface area contributed by atoms with E-state index in [9.17, 15) is 4.79 Å². The summed E-state index contributed by atoms with van der Waals surface area (Å²) in [6.45, 7) is 0. The number of primary amides is 1. The number of amides is 1. The lowest BCUT2D eigenvalue weighted by atomic mass is 9.94. The predicted molar refractivity (Wildman–Crippen MR) is 55.1 cm³/mol. The zero-order chi connectivity index (χ0) is 9.97. The smallest absolute Gasteiger partial charge is 0.228 e. The van der Waals surface area contributed by atoms with Gasteiger partial charge in [0, 0.05) is 12.4 Å². The highest BCUT2D eigenvalue weighted by Crippen LogP contribution is 2.22. The lowest BCUT2D eigenvalue weighted by Crippen LogP contribution is -2.20. The van der Waals surface area contributed by atoms with Crippen molar-refractivity contribution in [2.24, 2.45) is 10.7 Å². The normalized spacial score (nSPS) is 18.7. The molecule has 0 aliphatic carbocycles. The van der Waals surface area contributed by atoms with Crippen molar-refractivity contribution in [3.05, 3.63) is 47.7 Å². The molecule has 1 unspecified atom stereocenters. The third kappa shape index (κ3) is 1.44. The Morgan fingerprint density at radius 3 is 2.93 bits per heavy atom. The summed E-state index contributed by atoms with van der Waals surface area (Å²) >= 11 is 0. The molecule has 70 valence electrons. The minimum absolute atomic E-state index is 0.348. The fraction of sp³-hybridized carbons (Fsp3) is 0.0909. The first kappa shape index (κ1) is 8.69. The van der Waals surface area contributed by atoms with Gasteiger partial charge in [-0.3, -0.25) is 9.79 Å². The molecular weight excluding hydrogens is 176 g/mol. The molecule has 1 atom stereocenters. The van der Waals surface area contributed by atoms with Gasteiger partial charge < -0.3 is 5.73 Å². The first-order valence-corrected chi connectivity index (χ1v) is 4.37. The molecule has 1 heterocycles. The monoisotopic (exact) mass is 186 g/mol. The molecule has 14 heavy (non-hydrogen) atoms. The maximum Gasteiger partial charge on any atom is 0.228 e.